The van der Waals surface area contributed by atoms with Gasteiger partial charge in [-0.25, -0.2) is 4.98 Å². The van der Waals surface area contributed by atoms with Gasteiger partial charge in [-0.3, -0.25) is 9.59 Å². The molecule has 0 unspecified atom stereocenters. The molecule has 2 N–H and O–H groups in total. The Balaban J connectivity index is 1.68. The van der Waals surface area contributed by atoms with Gasteiger partial charge in [0.25, 0.3) is 5.91 Å². The fraction of sp³-hybridized carbons (Fsp3) is 0.433. The Morgan fingerprint density at radius 1 is 1.24 bits per heavy atom. The van der Waals surface area contributed by atoms with Crippen LogP contribution in [0, 0.1) is 12.8 Å². The Morgan fingerprint density at radius 2 is 2.00 bits per heavy atom. The lowest BCUT2D eigenvalue weighted by Gasteiger charge is -2.34. The number of nitrogens with zero attached hydrogens (tertiary/aromatic N) is 2. The van der Waals surface area contributed by atoms with Crippen molar-refractivity contribution in [3.63, 3.8) is 0 Å². The van der Waals surface area contributed by atoms with Gasteiger partial charge in [-0.15, -0.1) is 13.2 Å². The maximum absolute atomic E-state index is 13.8. The normalized spacial score (nSPS) is 16.4. The number of nitrogens with one attached hydrogen (secondary N) is 1. The van der Waals surface area contributed by atoms with E-state index in [1.807, 2.05) is 25.1 Å². The number of anilines is 1. The molecule has 2 aromatic carbocycles. The van der Waals surface area contributed by atoms with Crippen molar-refractivity contribution in [1.29, 1.82) is 0 Å². The number of carboxylic acid groups (broad SMARTS) is 1. The molecule has 1 amide bonds. The molecule has 0 aliphatic carbocycles. The third-order valence-corrected chi connectivity index (χ3v) is 8.08. The van der Waals surface area contributed by atoms with Gasteiger partial charge in [0.1, 0.15) is 11.6 Å². The van der Waals surface area contributed by atoms with Crippen LogP contribution in [0.3, 0.4) is 0 Å². The van der Waals surface area contributed by atoms with Gasteiger partial charge in [0.2, 0.25) is 0 Å². The number of fused-ring (bicyclic) bond motifs is 1. The number of pyridine rings is 1. The summed E-state index contributed by atoms with van der Waals surface area (Å²) in [6.07, 6.45) is -1.96. The summed E-state index contributed by atoms with van der Waals surface area (Å²) in [6.45, 7) is 5.63. The van der Waals surface area contributed by atoms with Crippen LogP contribution in [0.1, 0.15) is 66.4 Å². The Hall–Kier alpha value is -3.34. The summed E-state index contributed by atoms with van der Waals surface area (Å²) >= 11 is 3.48. The number of hydrogen-bond donors (Lipinski definition) is 2. The standard InChI is InChI=1S/C30H33BrF3N3O4/c1-3-19-7-6-14-37(17-19)28-18(2)27(23-15-21(31)11-12-24(23)36-28)29(40)35-16-20(10-13-26(38)39)22-8-4-5-9-25(22)41-30(32,33)34/h4-5,8-9,11-12,15,19-20H,3,6-7,10,13-14,16-17H2,1-2H3,(H,35,40)(H,38,39)/t19-,20-/m0/s1. The molecule has 0 spiro atoms. The predicted octanol–water partition coefficient (Wildman–Crippen LogP) is 7.21. The first kappa shape index (κ1) is 30.6. The zero-order valence-corrected chi connectivity index (χ0v) is 24.5. The molecule has 1 fully saturated rings. The molecule has 220 valence electrons. The molecule has 3 aromatic rings. The number of carbonyl (C=O) groups is 2. The second-order valence-corrected chi connectivity index (χ2v) is 11.3. The van der Waals surface area contributed by atoms with E-state index >= 15 is 0 Å². The third kappa shape index (κ3) is 7.69. The maximum Gasteiger partial charge on any atom is 0.573 e. The van der Waals surface area contributed by atoms with Crippen LogP contribution >= 0.6 is 15.9 Å². The van der Waals surface area contributed by atoms with Crippen molar-refractivity contribution in [1.82, 2.24) is 10.3 Å². The summed E-state index contributed by atoms with van der Waals surface area (Å²) in [5, 5.41) is 12.8. The molecule has 0 radical (unpaired) electrons. The van der Waals surface area contributed by atoms with E-state index in [1.165, 1.54) is 18.2 Å². The van der Waals surface area contributed by atoms with Gasteiger partial charge >= 0.3 is 12.3 Å². The van der Waals surface area contributed by atoms with Crippen molar-refractivity contribution in [3.8, 4) is 5.75 Å². The van der Waals surface area contributed by atoms with Crippen LogP contribution in [0.15, 0.2) is 46.9 Å². The third-order valence-electron chi connectivity index (χ3n) is 7.59. The molecule has 2 heterocycles. The maximum atomic E-state index is 13.8. The summed E-state index contributed by atoms with van der Waals surface area (Å²) in [5.41, 5.74) is 1.98. The highest BCUT2D eigenvalue weighted by atomic mass is 79.9. The van der Waals surface area contributed by atoms with Gasteiger partial charge in [-0.05, 0) is 61.9 Å². The molecule has 1 aromatic heterocycles. The van der Waals surface area contributed by atoms with Gasteiger partial charge in [0.15, 0.2) is 0 Å². The van der Waals surface area contributed by atoms with Crippen molar-refractivity contribution in [2.75, 3.05) is 24.5 Å². The Morgan fingerprint density at radius 3 is 2.71 bits per heavy atom. The number of aliphatic carboxylic acids is 1. The largest absolute Gasteiger partial charge is 0.573 e. The molecular formula is C30H33BrF3N3O4. The number of aromatic nitrogens is 1. The first-order valence-corrected chi connectivity index (χ1v) is 14.5. The van der Waals surface area contributed by atoms with E-state index in [1.54, 1.807) is 6.07 Å². The van der Waals surface area contributed by atoms with E-state index < -0.39 is 29.9 Å². The number of rotatable bonds is 10. The zero-order valence-electron chi connectivity index (χ0n) is 22.9. The predicted molar refractivity (Wildman–Crippen MR) is 154 cm³/mol. The second kappa shape index (κ2) is 13.1. The summed E-state index contributed by atoms with van der Waals surface area (Å²) in [5.74, 6) is -1.37. The minimum absolute atomic E-state index is 0.00685. The van der Waals surface area contributed by atoms with Crippen LogP contribution in [0.25, 0.3) is 10.9 Å². The van der Waals surface area contributed by atoms with Crippen molar-refractivity contribution < 1.29 is 32.6 Å². The Kier molecular flexibility index (Phi) is 9.78. The van der Waals surface area contributed by atoms with Crippen molar-refractivity contribution in [2.24, 2.45) is 5.92 Å². The van der Waals surface area contributed by atoms with Crippen LogP contribution in [0.2, 0.25) is 0 Å². The number of para-hydroxylation sites is 1. The summed E-state index contributed by atoms with van der Waals surface area (Å²) in [4.78, 5) is 32.3. The number of alkyl halides is 3. The molecule has 0 bridgehead atoms. The highest BCUT2D eigenvalue weighted by molar-refractivity contribution is 9.10. The van der Waals surface area contributed by atoms with Crippen molar-refractivity contribution in [3.05, 3.63) is 63.6 Å². The highest BCUT2D eigenvalue weighted by Crippen LogP contribution is 2.35. The number of amides is 1. The summed E-state index contributed by atoms with van der Waals surface area (Å²) in [7, 11) is 0. The summed E-state index contributed by atoms with van der Waals surface area (Å²) < 4.78 is 44.3. The monoisotopic (exact) mass is 635 g/mol. The smallest absolute Gasteiger partial charge is 0.481 e. The van der Waals surface area contributed by atoms with E-state index in [4.69, 9.17) is 4.98 Å². The van der Waals surface area contributed by atoms with Gasteiger partial charge in [-0.1, -0.05) is 47.5 Å². The Bertz CT molecular complexity index is 1420. The van der Waals surface area contributed by atoms with E-state index in [2.05, 4.69) is 37.8 Å². The lowest BCUT2D eigenvalue weighted by molar-refractivity contribution is -0.275. The van der Waals surface area contributed by atoms with Crippen LogP contribution < -0.4 is 15.0 Å². The molecule has 2 atom stereocenters. The fourth-order valence-corrected chi connectivity index (χ4v) is 5.87. The number of carboxylic acids is 1. The van der Waals surface area contributed by atoms with Gasteiger partial charge in [-0.2, -0.15) is 0 Å². The number of benzene rings is 2. The molecule has 11 heteroatoms. The fourth-order valence-electron chi connectivity index (χ4n) is 5.51. The van der Waals surface area contributed by atoms with E-state index in [0.717, 1.165) is 42.6 Å². The van der Waals surface area contributed by atoms with Gasteiger partial charge < -0.3 is 20.1 Å². The lowest BCUT2D eigenvalue weighted by atomic mass is 9.92. The topological polar surface area (TPSA) is 91.8 Å². The zero-order chi connectivity index (χ0) is 29.7. The van der Waals surface area contributed by atoms with Crippen molar-refractivity contribution in [2.45, 2.75) is 58.2 Å². The molecule has 1 aliphatic heterocycles. The minimum Gasteiger partial charge on any atom is -0.481 e. The lowest BCUT2D eigenvalue weighted by Crippen LogP contribution is -2.37. The molecule has 0 saturated carbocycles. The molecule has 4 rings (SSSR count). The first-order chi connectivity index (χ1) is 19.5. The van der Waals surface area contributed by atoms with Gasteiger partial charge in [0, 0.05) is 47.4 Å². The quantitative estimate of drug-likeness (QED) is 0.245. The second-order valence-electron chi connectivity index (χ2n) is 10.4. The molecule has 1 saturated heterocycles. The molecule has 41 heavy (non-hydrogen) atoms. The van der Waals surface area contributed by atoms with E-state index in [9.17, 15) is 27.9 Å². The van der Waals surface area contributed by atoms with Gasteiger partial charge in [0.05, 0.1) is 11.1 Å². The number of ether oxygens (including phenoxy) is 1. The number of hydrogen-bond acceptors (Lipinski definition) is 5. The SMILES string of the molecule is CC[C@H]1CCCN(c2nc3ccc(Br)cc3c(C(=O)NC[C@H](CCC(=O)O)c3ccccc3OC(F)(F)F)c2C)C1. The Labute approximate surface area is 245 Å². The molecule has 1 aliphatic rings. The number of carbonyl (C=O) groups excluding carboxylic acids is 1. The van der Waals surface area contributed by atoms with E-state index in [-0.39, 0.29) is 24.9 Å². The van der Waals surface area contributed by atoms with Crippen LogP contribution in [-0.2, 0) is 4.79 Å². The summed E-state index contributed by atoms with van der Waals surface area (Å²) in [6, 6.07) is 11.1. The average Bonchev–Trinajstić information content (AvgIpc) is 2.92. The van der Waals surface area contributed by atoms with Crippen LogP contribution in [0.4, 0.5) is 19.0 Å². The number of piperidine rings is 1. The van der Waals surface area contributed by atoms with Crippen molar-refractivity contribution >= 4 is 44.5 Å². The van der Waals surface area contributed by atoms with Crippen LogP contribution in [-0.4, -0.2) is 48.0 Å². The molecular weight excluding hydrogens is 603 g/mol. The van der Waals surface area contributed by atoms with Crippen LogP contribution in [0.5, 0.6) is 5.75 Å². The first-order valence-electron chi connectivity index (χ1n) is 13.7. The average molecular weight is 637 g/mol. The van der Waals surface area contributed by atoms with E-state index in [0.29, 0.717) is 27.9 Å². The number of halogens is 4. The minimum atomic E-state index is -4.92. The molecule has 7 nitrogen and oxygen atoms in total. The highest BCUT2D eigenvalue weighted by Gasteiger charge is 2.33.